The van der Waals surface area contributed by atoms with Crippen LogP contribution in [0.5, 0.6) is 5.75 Å². The second kappa shape index (κ2) is 5.60. The molecule has 0 spiro atoms. The van der Waals surface area contributed by atoms with Crippen molar-refractivity contribution >= 4 is 17.7 Å². The zero-order valence-corrected chi connectivity index (χ0v) is 10.6. The van der Waals surface area contributed by atoms with Crippen molar-refractivity contribution < 1.29 is 14.6 Å². The van der Waals surface area contributed by atoms with Crippen LogP contribution in [0, 0.1) is 0 Å². The smallest absolute Gasteiger partial charge is 0.335 e. The molecule has 0 aliphatic rings. The van der Waals surface area contributed by atoms with E-state index in [0.717, 1.165) is 15.5 Å². The highest BCUT2D eigenvalue weighted by molar-refractivity contribution is 7.99. The lowest BCUT2D eigenvalue weighted by molar-refractivity contribution is 0.0697. The molecule has 18 heavy (non-hydrogen) atoms. The van der Waals surface area contributed by atoms with Crippen LogP contribution in [-0.2, 0) is 0 Å². The fourth-order valence-electron chi connectivity index (χ4n) is 1.47. The van der Waals surface area contributed by atoms with Gasteiger partial charge in [0.1, 0.15) is 5.75 Å². The van der Waals surface area contributed by atoms with E-state index in [1.807, 2.05) is 24.3 Å². The van der Waals surface area contributed by atoms with Crippen LogP contribution < -0.4 is 4.74 Å². The van der Waals surface area contributed by atoms with Crippen molar-refractivity contribution in [3.05, 3.63) is 54.1 Å². The Morgan fingerprint density at radius 3 is 2.44 bits per heavy atom. The first-order valence-corrected chi connectivity index (χ1v) is 6.16. The van der Waals surface area contributed by atoms with Gasteiger partial charge in [-0.25, -0.2) is 4.79 Å². The van der Waals surface area contributed by atoms with Crippen LogP contribution in [0.3, 0.4) is 0 Å². The lowest BCUT2D eigenvalue weighted by Gasteiger charge is -2.04. The molecule has 0 saturated heterocycles. The number of carbonyl (C=O) groups is 1. The average molecular weight is 260 g/mol. The first kappa shape index (κ1) is 12.5. The van der Waals surface area contributed by atoms with Gasteiger partial charge >= 0.3 is 5.97 Å². The zero-order chi connectivity index (χ0) is 13.0. The van der Waals surface area contributed by atoms with Crippen LogP contribution in [0.1, 0.15) is 10.4 Å². The van der Waals surface area contributed by atoms with E-state index in [2.05, 4.69) is 0 Å². The second-order valence-electron chi connectivity index (χ2n) is 3.61. The molecule has 2 aromatic carbocycles. The predicted octanol–water partition coefficient (Wildman–Crippen LogP) is 3.54. The summed E-state index contributed by atoms with van der Waals surface area (Å²) in [5.74, 6) is -0.102. The molecule has 3 nitrogen and oxygen atoms in total. The van der Waals surface area contributed by atoms with Crippen LogP contribution in [0.25, 0.3) is 0 Å². The van der Waals surface area contributed by atoms with Gasteiger partial charge in [0, 0.05) is 9.79 Å². The van der Waals surface area contributed by atoms with Crippen LogP contribution in [-0.4, -0.2) is 18.2 Å². The summed E-state index contributed by atoms with van der Waals surface area (Å²) in [6.07, 6.45) is 0. The van der Waals surface area contributed by atoms with Crippen LogP contribution in [0.4, 0.5) is 0 Å². The van der Waals surface area contributed by atoms with E-state index in [-0.39, 0.29) is 0 Å². The Balaban J connectivity index is 2.15. The molecule has 0 aliphatic carbocycles. The maximum atomic E-state index is 10.7. The largest absolute Gasteiger partial charge is 0.497 e. The Labute approximate surface area is 109 Å². The minimum Gasteiger partial charge on any atom is -0.497 e. The second-order valence-corrected chi connectivity index (χ2v) is 4.76. The molecule has 0 radical (unpaired) electrons. The zero-order valence-electron chi connectivity index (χ0n) is 9.79. The maximum Gasteiger partial charge on any atom is 0.335 e. The fraction of sp³-hybridized carbons (Fsp3) is 0.0714. The Hall–Kier alpha value is -1.94. The molecule has 4 heteroatoms. The molecule has 0 fully saturated rings. The van der Waals surface area contributed by atoms with Gasteiger partial charge in [-0.05, 0) is 42.5 Å². The summed E-state index contributed by atoms with van der Waals surface area (Å²) in [6, 6.07) is 14.5. The van der Waals surface area contributed by atoms with Gasteiger partial charge in [0.25, 0.3) is 0 Å². The normalized spacial score (nSPS) is 10.1. The number of hydrogen-bond donors (Lipinski definition) is 1. The molecule has 0 aliphatic heterocycles. The Kier molecular flexibility index (Phi) is 3.89. The minimum absolute atomic E-state index is 0.296. The molecule has 0 bridgehead atoms. The molecule has 92 valence electrons. The van der Waals surface area contributed by atoms with Crippen molar-refractivity contribution in [1.29, 1.82) is 0 Å². The summed E-state index contributed by atoms with van der Waals surface area (Å²) in [5.41, 5.74) is 0.296. The lowest BCUT2D eigenvalue weighted by Crippen LogP contribution is -1.94. The van der Waals surface area contributed by atoms with Gasteiger partial charge < -0.3 is 9.84 Å². The number of carboxylic acids is 1. The molecule has 0 atom stereocenters. The van der Waals surface area contributed by atoms with E-state index in [1.165, 1.54) is 0 Å². The van der Waals surface area contributed by atoms with Crippen LogP contribution in [0.15, 0.2) is 58.3 Å². The van der Waals surface area contributed by atoms with Gasteiger partial charge in [0.15, 0.2) is 0 Å². The Bertz CT molecular complexity index is 549. The number of hydrogen-bond acceptors (Lipinski definition) is 3. The van der Waals surface area contributed by atoms with E-state index >= 15 is 0 Å². The standard InChI is InChI=1S/C14H12O3S/c1-17-11-3-2-4-13(9-11)18-12-7-5-10(6-8-12)14(15)16/h2-9H,1H3,(H,15,16). The van der Waals surface area contributed by atoms with Gasteiger partial charge in [0.2, 0.25) is 0 Å². The molecule has 1 N–H and O–H groups in total. The number of rotatable bonds is 4. The predicted molar refractivity (Wildman–Crippen MR) is 70.5 cm³/mol. The van der Waals surface area contributed by atoms with E-state index in [0.29, 0.717) is 5.56 Å². The van der Waals surface area contributed by atoms with E-state index < -0.39 is 5.97 Å². The summed E-state index contributed by atoms with van der Waals surface area (Å²) < 4.78 is 5.15. The summed E-state index contributed by atoms with van der Waals surface area (Å²) in [5, 5.41) is 8.81. The quantitative estimate of drug-likeness (QED) is 0.913. The third-order valence-corrected chi connectivity index (χ3v) is 3.38. The van der Waals surface area contributed by atoms with Crippen molar-refractivity contribution in [2.24, 2.45) is 0 Å². The Morgan fingerprint density at radius 1 is 1.11 bits per heavy atom. The molecular formula is C14H12O3S. The van der Waals surface area contributed by atoms with Crippen molar-refractivity contribution in [3.8, 4) is 5.75 Å². The van der Waals surface area contributed by atoms with E-state index in [9.17, 15) is 4.79 Å². The summed E-state index contributed by atoms with van der Waals surface area (Å²) >= 11 is 1.56. The van der Waals surface area contributed by atoms with Crippen molar-refractivity contribution in [1.82, 2.24) is 0 Å². The minimum atomic E-state index is -0.909. The topological polar surface area (TPSA) is 46.5 Å². The SMILES string of the molecule is COc1cccc(Sc2ccc(C(=O)O)cc2)c1. The van der Waals surface area contributed by atoms with Gasteiger partial charge in [-0.2, -0.15) is 0 Å². The van der Waals surface area contributed by atoms with E-state index in [1.54, 1.807) is 43.1 Å². The highest BCUT2D eigenvalue weighted by Crippen LogP contribution is 2.30. The molecule has 0 unspecified atom stereocenters. The number of aromatic carboxylic acids is 1. The molecule has 0 aromatic heterocycles. The van der Waals surface area contributed by atoms with Crippen molar-refractivity contribution in [2.45, 2.75) is 9.79 Å². The highest BCUT2D eigenvalue weighted by Gasteiger charge is 2.03. The van der Waals surface area contributed by atoms with Crippen LogP contribution >= 0.6 is 11.8 Å². The van der Waals surface area contributed by atoms with E-state index in [4.69, 9.17) is 9.84 Å². The third-order valence-electron chi connectivity index (χ3n) is 2.38. The molecule has 0 amide bonds. The third kappa shape index (κ3) is 3.05. The summed E-state index contributed by atoms with van der Waals surface area (Å²) in [6.45, 7) is 0. The van der Waals surface area contributed by atoms with Crippen LogP contribution in [0.2, 0.25) is 0 Å². The number of ether oxygens (including phenoxy) is 1. The first-order valence-electron chi connectivity index (χ1n) is 5.34. The van der Waals surface area contributed by atoms with Gasteiger partial charge in [-0.15, -0.1) is 0 Å². The fourth-order valence-corrected chi connectivity index (χ4v) is 2.33. The molecular weight excluding hydrogens is 248 g/mol. The highest BCUT2D eigenvalue weighted by atomic mass is 32.2. The number of carboxylic acid groups (broad SMARTS) is 1. The maximum absolute atomic E-state index is 10.7. The number of methoxy groups -OCH3 is 1. The molecule has 0 saturated carbocycles. The molecule has 0 heterocycles. The monoisotopic (exact) mass is 260 g/mol. The average Bonchev–Trinajstić information content (AvgIpc) is 2.39. The lowest BCUT2D eigenvalue weighted by atomic mass is 10.2. The van der Waals surface area contributed by atoms with Crippen molar-refractivity contribution in [3.63, 3.8) is 0 Å². The van der Waals surface area contributed by atoms with Crippen molar-refractivity contribution in [2.75, 3.05) is 7.11 Å². The molecule has 2 aromatic rings. The number of benzene rings is 2. The summed E-state index contributed by atoms with van der Waals surface area (Å²) in [7, 11) is 1.63. The first-order chi connectivity index (χ1) is 8.69. The summed E-state index contributed by atoms with van der Waals surface area (Å²) in [4.78, 5) is 12.8. The van der Waals surface area contributed by atoms with Gasteiger partial charge in [-0.1, -0.05) is 17.8 Å². The molecule has 2 rings (SSSR count). The van der Waals surface area contributed by atoms with Gasteiger partial charge in [0.05, 0.1) is 12.7 Å². The van der Waals surface area contributed by atoms with Gasteiger partial charge in [-0.3, -0.25) is 0 Å². The Morgan fingerprint density at radius 2 is 1.83 bits per heavy atom.